The summed E-state index contributed by atoms with van der Waals surface area (Å²) in [4.78, 5) is 31.6. The number of nitrogens with two attached hydrogens (primary N) is 1. The van der Waals surface area contributed by atoms with E-state index in [-0.39, 0.29) is 40.8 Å². The summed E-state index contributed by atoms with van der Waals surface area (Å²) < 4.78 is 27.3. The molecule has 2 aliphatic rings. The molecular weight excluding hydrogens is 442 g/mol. The fourth-order valence-electron chi connectivity index (χ4n) is 5.38. The number of aromatic nitrogens is 1. The smallest absolute Gasteiger partial charge is 0.384 e. The SMILES string of the molecule is CCS(=O)(=O)N(C1CCCCC1)[C@@H](C)C(=O)[N+]1(C(=O)NCc2ccc(N)nc2)CCC[C@H]1C. The summed E-state index contributed by atoms with van der Waals surface area (Å²) in [6.45, 7) is 5.77. The molecule has 3 rings (SSSR count). The number of hydrogen-bond acceptors (Lipinski definition) is 6. The Morgan fingerprint density at radius 1 is 1.21 bits per heavy atom. The first-order valence-electron chi connectivity index (χ1n) is 12.1. The number of urea groups is 1. The van der Waals surface area contributed by atoms with Gasteiger partial charge in [0.2, 0.25) is 10.0 Å². The summed E-state index contributed by atoms with van der Waals surface area (Å²) >= 11 is 0. The van der Waals surface area contributed by atoms with Gasteiger partial charge in [0.25, 0.3) is 0 Å². The van der Waals surface area contributed by atoms with Crippen molar-refractivity contribution < 1.29 is 22.5 Å². The molecule has 1 aliphatic carbocycles. The van der Waals surface area contributed by atoms with Crippen molar-refractivity contribution in [2.24, 2.45) is 0 Å². The van der Waals surface area contributed by atoms with Crippen LogP contribution in [0.25, 0.3) is 0 Å². The zero-order chi connectivity index (χ0) is 24.2. The van der Waals surface area contributed by atoms with Gasteiger partial charge in [0.05, 0.1) is 12.3 Å². The number of imide groups is 1. The van der Waals surface area contributed by atoms with Gasteiger partial charge in [0.15, 0.2) is 0 Å². The number of nitrogen functional groups attached to an aromatic ring is 1. The highest BCUT2D eigenvalue weighted by Gasteiger charge is 2.56. The van der Waals surface area contributed by atoms with Crippen LogP contribution < -0.4 is 11.1 Å². The standard InChI is InChI=1S/C23H37N5O4S/c1-4-33(31,32)27(20-10-6-5-7-11-20)18(3)22(29)28(14-8-9-17(28)2)23(30)26-16-19-12-13-21(24)25-15-19/h12-13,15,17-18,20H,4-11,14,16H2,1-3H3,(H2-,24,25,26,30)/p+1/t17-,18+,28?/m1/s1. The van der Waals surface area contributed by atoms with E-state index in [0.717, 1.165) is 50.5 Å². The minimum atomic E-state index is -3.61. The molecule has 1 aliphatic heterocycles. The van der Waals surface area contributed by atoms with Gasteiger partial charge in [-0.1, -0.05) is 25.3 Å². The lowest BCUT2D eigenvalue weighted by molar-refractivity contribution is -0.786. The Kier molecular flexibility index (Phi) is 8.13. The number of amides is 3. The zero-order valence-corrected chi connectivity index (χ0v) is 20.8. The van der Waals surface area contributed by atoms with Crippen molar-refractivity contribution >= 4 is 27.8 Å². The predicted octanol–water partition coefficient (Wildman–Crippen LogP) is 2.77. The Bertz CT molecular complexity index is 946. The Morgan fingerprint density at radius 3 is 2.45 bits per heavy atom. The minimum Gasteiger partial charge on any atom is -0.384 e. The number of likely N-dealkylation sites (tertiary alicyclic amines) is 1. The van der Waals surface area contributed by atoms with Crippen LogP contribution in [0.3, 0.4) is 0 Å². The monoisotopic (exact) mass is 480 g/mol. The van der Waals surface area contributed by atoms with Crippen LogP contribution in [0.15, 0.2) is 18.3 Å². The third kappa shape index (κ3) is 5.22. The van der Waals surface area contributed by atoms with Crippen LogP contribution in [-0.2, 0) is 21.4 Å². The molecule has 1 aromatic heterocycles. The second-order valence-electron chi connectivity index (χ2n) is 9.37. The molecule has 0 radical (unpaired) electrons. The largest absolute Gasteiger partial charge is 0.424 e. The Labute approximate surface area is 197 Å². The fraction of sp³-hybridized carbons (Fsp3) is 0.696. The van der Waals surface area contributed by atoms with Crippen molar-refractivity contribution in [3.8, 4) is 0 Å². The summed E-state index contributed by atoms with van der Waals surface area (Å²) in [7, 11) is -3.61. The molecule has 2 heterocycles. The van der Waals surface area contributed by atoms with Crippen molar-refractivity contribution in [3.63, 3.8) is 0 Å². The first-order valence-corrected chi connectivity index (χ1v) is 13.7. The van der Waals surface area contributed by atoms with E-state index < -0.39 is 16.1 Å². The number of nitrogens with zero attached hydrogens (tertiary/aromatic N) is 3. The van der Waals surface area contributed by atoms with Crippen molar-refractivity contribution in [1.82, 2.24) is 14.6 Å². The van der Waals surface area contributed by atoms with E-state index in [2.05, 4.69) is 10.3 Å². The first-order chi connectivity index (χ1) is 15.6. The Hall–Kier alpha value is -2.04. The number of hydrogen-bond donors (Lipinski definition) is 2. The number of carbonyl (C=O) groups excluding carboxylic acids is 2. The second-order valence-corrected chi connectivity index (χ2v) is 11.5. The van der Waals surface area contributed by atoms with E-state index in [4.69, 9.17) is 5.73 Å². The van der Waals surface area contributed by atoms with Crippen molar-refractivity contribution in [2.45, 2.75) is 90.4 Å². The lowest BCUT2D eigenvalue weighted by Crippen LogP contribution is -2.67. The summed E-state index contributed by atoms with van der Waals surface area (Å²) in [6.07, 6.45) is 7.56. The van der Waals surface area contributed by atoms with Crippen LogP contribution in [0.1, 0.15) is 71.3 Å². The summed E-state index contributed by atoms with van der Waals surface area (Å²) in [5.41, 5.74) is 6.41. The topological polar surface area (TPSA) is 122 Å². The van der Waals surface area contributed by atoms with Crippen LogP contribution in [-0.4, -0.2) is 64.6 Å². The lowest BCUT2D eigenvalue weighted by atomic mass is 9.94. The zero-order valence-electron chi connectivity index (χ0n) is 20.0. The van der Waals surface area contributed by atoms with Crippen LogP contribution in [0, 0.1) is 0 Å². The molecule has 3 N–H and O–H groups in total. The first kappa shape index (κ1) is 25.6. The molecule has 1 aromatic rings. The molecule has 1 saturated heterocycles. The quantitative estimate of drug-likeness (QED) is 0.579. The van der Waals surface area contributed by atoms with Crippen molar-refractivity contribution in [1.29, 1.82) is 0 Å². The highest BCUT2D eigenvalue weighted by atomic mass is 32.2. The van der Waals surface area contributed by atoms with Gasteiger partial charge in [0.1, 0.15) is 17.9 Å². The highest BCUT2D eigenvalue weighted by molar-refractivity contribution is 7.89. The van der Waals surface area contributed by atoms with Gasteiger partial charge >= 0.3 is 11.9 Å². The molecule has 184 valence electrons. The summed E-state index contributed by atoms with van der Waals surface area (Å²) in [5, 5.41) is 2.90. The maximum absolute atomic E-state index is 14.0. The molecule has 1 saturated carbocycles. The van der Waals surface area contributed by atoms with Gasteiger partial charge in [-0.15, -0.1) is 0 Å². The van der Waals surface area contributed by atoms with Gasteiger partial charge < -0.3 is 11.1 Å². The number of quaternary nitrogens is 1. The molecule has 10 heteroatoms. The molecule has 3 amide bonds. The number of rotatable bonds is 7. The maximum atomic E-state index is 14.0. The molecule has 0 spiro atoms. The van der Waals surface area contributed by atoms with E-state index in [1.165, 1.54) is 4.31 Å². The second kappa shape index (κ2) is 10.5. The third-order valence-corrected chi connectivity index (χ3v) is 9.28. The average Bonchev–Trinajstić information content (AvgIpc) is 3.20. The number of pyridine rings is 1. The minimum absolute atomic E-state index is 0.0625. The molecule has 2 fully saturated rings. The molecule has 33 heavy (non-hydrogen) atoms. The van der Waals surface area contributed by atoms with E-state index in [1.54, 1.807) is 32.2 Å². The van der Waals surface area contributed by atoms with Gasteiger partial charge in [-0.25, -0.2) is 23.0 Å². The number of carbonyl (C=O) groups is 2. The van der Waals surface area contributed by atoms with Crippen molar-refractivity contribution in [2.75, 3.05) is 18.0 Å². The molecular formula is C23H38N5O4S+. The summed E-state index contributed by atoms with van der Waals surface area (Å²) in [6, 6.07) is 1.75. The molecule has 0 aromatic carbocycles. The lowest BCUT2D eigenvalue weighted by Gasteiger charge is -2.40. The van der Waals surface area contributed by atoms with Crippen LogP contribution >= 0.6 is 0 Å². The van der Waals surface area contributed by atoms with E-state index >= 15 is 0 Å². The molecule has 3 atom stereocenters. The van der Waals surface area contributed by atoms with E-state index in [0.29, 0.717) is 12.4 Å². The Morgan fingerprint density at radius 2 is 1.91 bits per heavy atom. The van der Waals surface area contributed by atoms with Gasteiger partial charge in [-0.3, -0.25) is 0 Å². The number of sulfonamides is 1. The maximum Gasteiger partial charge on any atom is 0.424 e. The Balaban J connectivity index is 1.87. The van der Waals surface area contributed by atoms with Crippen LogP contribution in [0.2, 0.25) is 0 Å². The molecule has 9 nitrogen and oxygen atoms in total. The predicted molar refractivity (Wildman–Crippen MR) is 127 cm³/mol. The number of anilines is 1. The normalized spacial score (nSPS) is 25.2. The van der Waals surface area contributed by atoms with Crippen LogP contribution in [0.5, 0.6) is 0 Å². The highest BCUT2D eigenvalue weighted by Crippen LogP contribution is 2.33. The molecule has 0 bridgehead atoms. The third-order valence-electron chi connectivity index (χ3n) is 7.29. The summed E-state index contributed by atoms with van der Waals surface area (Å²) in [5.74, 6) is -0.00581. The average molecular weight is 481 g/mol. The number of nitrogens with one attached hydrogen (secondary N) is 1. The van der Waals surface area contributed by atoms with Gasteiger partial charge in [0, 0.05) is 31.6 Å². The van der Waals surface area contributed by atoms with Crippen molar-refractivity contribution in [3.05, 3.63) is 23.9 Å². The van der Waals surface area contributed by atoms with Crippen LogP contribution in [0.4, 0.5) is 10.6 Å². The molecule has 1 unspecified atom stereocenters. The van der Waals surface area contributed by atoms with Gasteiger partial charge in [-0.05, 0) is 45.2 Å². The fourth-order valence-corrected chi connectivity index (χ4v) is 6.91. The van der Waals surface area contributed by atoms with E-state index in [1.807, 2.05) is 6.92 Å². The van der Waals surface area contributed by atoms with E-state index in [9.17, 15) is 18.0 Å². The van der Waals surface area contributed by atoms with Gasteiger partial charge in [-0.2, -0.15) is 8.79 Å².